The topological polar surface area (TPSA) is 78.1 Å². The quantitative estimate of drug-likeness (QED) is 0.0887. The molecule has 240 valence electrons. The molecule has 2 aromatic carbocycles. The molecular weight excluding hydrogens is 554 g/mol. The number of rotatable bonds is 18. The Bertz CT molecular complexity index is 1450. The van der Waals surface area contributed by atoms with Crippen molar-refractivity contribution in [2.75, 3.05) is 46.5 Å². The number of hydrogen-bond acceptors (Lipinski definition) is 6. The first-order valence-electron chi connectivity index (χ1n) is 16.0. The van der Waals surface area contributed by atoms with Gasteiger partial charge in [0, 0.05) is 24.1 Å². The van der Waals surface area contributed by atoms with E-state index >= 15 is 0 Å². The summed E-state index contributed by atoms with van der Waals surface area (Å²) in [7, 11) is 2.32. The minimum absolute atomic E-state index is 0.0755. The molecule has 1 heterocycles. The lowest BCUT2D eigenvalue weighted by molar-refractivity contribution is -0.910. The van der Waals surface area contributed by atoms with Crippen LogP contribution < -0.4 is 19.6 Å². The van der Waals surface area contributed by atoms with Gasteiger partial charge in [0.25, 0.3) is 0 Å². The summed E-state index contributed by atoms with van der Waals surface area (Å²) in [6.07, 6.45) is 9.46. The summed E-state index contributed by atoms with van der Waals surface area (Å²) >= 11 is 0. The first kappa shape index (κ1) is 34.8. The largest absolute Gasteiger partial charge is 0.507 e. The molecule has 0 aliphatic heterocycles. The molecule has 0 amide bonds. The highest BCUT2D eigenvalue weighted by Crippen LogP contribution is 2.36. The van der Waals surface area contributed by atoms with E-state index < -0.39 is 5.43 Å². The second-order valence-corrected chi connectivity index (χ2v) is 12.3. The summed E-state index contributed by atoms with van der Waals surface area (Å²) in [5.74, 6) is 1.33. The van der Waals surface area contributed by atoms with Crippen molar-refractivity contribution in [2.45, 2.75) is 73.6 Å². The number of phenolic OH excluding ortho intramolecular Hbond substituents is 1. The zero-order chi connectivity index (χ0) is 32.1. The van der Waals surface area contributed by atoms with Gasteiger partial charge in [-0.25, -0.2) is 0 Å². The molecule has 3 rings (SSSR count). The molecule has 0 bridgehead atoms. The molecule has 3 aromatic rings. The lowest BCUT2D eigenvalue weighted by Crippen LogP contribution is -2.46. The highest BCUT2D eigenvalue weighted by Gasteiger charge is 2.23. The van der Waals surface area contributed by atoms with E-state index in [-0.39, 0.29) is 22.5 Å². The Hall–Kier alpha value is -3.71. The van der Waals surface area contributed by atoms with E-state index in [0.717, 1.165) is 36.1 Å². The summed E-state index contributed by atoms with van der Waals surface area (Å²) in [6, 6.07) is 10.5. The summed E-state index contributed by atoms with van der Waals surface area (Å²) in [5.41, 5.74) is 2.80. The van der Waals surface area contributed by atoms with Crippen LogP contribution in [0.4, 0.5) is 0 Å². The van der Waals surface area contributed by atoms with Crippen molar-refractivity contribution in [3.63, 3.8) is 0 Å². The first-order chi connectivity index (χ1) is 21.1. The summed E-state index contributed by atoms with van der Waals surface area (Å²) < 4.78 is 25.2. The van der Waals surface area contributed by atoms with Gasteiger partial charge < -0.3 is 28.2 Å². The van der Waals surface area contributed by atoms with Gasteiger partial charge in [-0.3, -0.25) is 4.79 Å². The molecule has 7 nitrogen and oxygen atoms in total. The van der Waals surface area contributed by atoms with E-state index in [1.807, 2.05) is 64.1 Å². The number of quaternary nitrogens is 1. The summed E-state index contributed by atoms with van der Waals surface area (Å²) in [5, 5.41) is 11.0. The van der Waals surface area contributed by atoms with Crippen molar-refractivity contribution in [1.29, 1.82) is 0 Å². The Kier molecular flexibility index (Phi) is 13.4. The Morgan fingerprint density at radius 1 is 0.818 bits per heavy atom. The molecule has 7 heteroatoms. The number of unbranched alkanes of at least 4 members (excludes halogenated alkanes) is 2. The third kappa shape index (κ3) is 10.2. The number of aromatic hydroxyl groups is 1. The predicted octanol–water partition coefficient (Wildman–Crippen LogP) is 8.67. The van der Waals surface area contributed by atoms with E-state index in [2.05, 4.69) is 20.9 Å². The Morgan fingerprint density at radius 2 is 1.39 bits per heavy atom. The molecule has 0 spiro atoms. The molecule has 0 radical (unpaired) electrons. The van der Waals surface area contributed by atoms with Crippen LogP contribution in [0.25, 0.3) is 22.3 Å². The highest BCUT2D eigenvalue weighted by atomic mass is 16.5. The lowest BCUT2D eigenvalue weighted by atomic mass is 10.1. The van der Waals surface area contributed by atoms with Gasteiger partial charge in [0.15, 0.2) is 5.76 Å². The van der Waals surface area contributed by atoms with Crippen molar-refractivity contribution >= 4 is 11.0 Å². The minimum Gasteiger partial charge on any atom is -0.507 e. The number of fused-ring (bicyclic) bond motifs is 1. The van der Waals surface area contributed by atoms with Crippen LogP contribution in [0, 0.1) is 0 Å². The normalized spacial score (nSPS) is 11.3. The van der Waals surface area contributed by atoms with Crippen LogP contribution in [0.1, 0.15) is 73.6 Å². The number of allylic oxidation sites excluding steroid dienone is 2. The van der Waals surface area contributed by atoms with Gasteiger partial charge in [-0.05, 0) is 77.0 Å². The van der Waals surface area contributed by atoms with E-state index in [1.165, 1.54) is 37.3 Å². The Morgan fingerprint density at radius 3 is 1.95 bits per heavy atom. The van der Waals surface area contributed by atoms with Gasteiger partial charge in [-0.15, -0.1) is 0 Å². The van der Waals surface area contributed by atoms with Gasteiger partial charge in [-0.1, -0.05) is 37.8 Å². The zero-order valence-corrected chi connectivity index (χ0v) is 27.8. The van der Waals surface area contributed by atoms with E-state index in [4.69, 9.17) is 18.6 Å². The van der Waals surface area contributed by atoms with Crippen molar-refractivity contribution in [1.82, 2.24) is 0 Å². The van der Waals surface area contributed by atoms with E-state index in [1.54, 1.807) is 6.07 Å². The van der Waals surface area contributed by atoms with Gasteiger partial charge in [0.05, 0.1) is 33.3 Å². The Labute approximate surface area is 263 Å². The Balaban J connectivity index is 1.95. The van der Waals surface area contributed by atoms with Crippen molar-refractivity contribution in [3.05, 3.63) is 69.9 Å². The van der Waals surface area contributed by atoms with Gasteiger partial charge >= 0.3 is 0 Å². The average molecular weight is 607 g/mol. The molecule has 1 N–H and O–H groups in total. The van der Waals surface area contributed by atoms with Crippen LogP contribution in [0.2, 0.25) is 0 Å². The molecular formula is C37H52NO6+. The second kappa shape index (κ2) is 17.0. The van der Waals surface area contributed by atoms with Crippen molar-refractivity contribution in [3.8, 4) is 34.3 Å². The fraction of sp³-hybridized carbons (Fsp3) is 0.486. The number of hydrogen-bond donors (Lipinski definition) is 1. The van der Waals surface area contributed by atoms with Crippen LogP contribution in [-0.2, 0) is 0 Å². The lowest BCUT2D eigenvalue weighted by Gasteiger charge is -2.34. The number of phenols is 1. The molecule has 0 aliphatic rings. The van der Waals surface area contributed by atoms with Gasteiger partial charge in [0.1, 0.15) is 41.4 Å². The number of ether oxygens (including phenoxy) is 3. The fourth-order valence-electron chi connectivity index (χ4n) is 5.01. The smallest absolute Gasteiger partial charge is 0.239 e. The molecule has 0 fully saturated rings. The molecule has 0 saturated carbocycles. The molecule has 0 unspecified atom stereocenters. The predicted molar refractivity (Wildman–Crippen MR) is 180 cm³/mol. The van der Waals surface area contributed by atoms with Crippen molar-refractivity contribution in [2.24, 2.45) is 0 Å². The third-order valence-electron chi connectivity index (χ3n) is 7.70. The molecule has 1 aromatic heterocycles. The standard InChI is InChI=1S/C37H51NO6/c1-8-10-19-38(7,20-11-9-2)21-12-22-43-37-35(40)34-32(39)25-31(42-24-18-28(5)6)26-33(34)44-36(37)29-13-15-30(16-14-29)41-23-17-27(3)4/h13-18,25-26H,8-12,19-24H2,1-7H3/p+1. The number of benzene rings is 2. The van der Waals surface area contributed by atoms with Crippen LogP contribution in [0.3, 0.4) is 0 Å². The van der Waals surface area contributed by atoms with Crippen LogP contribution in [-0.4, -0.2) is 56.1 Å². The van der Waals surface area contributed by atoms with Crippen LogP contribution in [0.15, 0.2) is 68.9 Å². The fourth-order valence-corrected chi connectivity index (χ4v) is 5.01. The maximum absolute atomic E-state index is 13.9. The third-order valence-corrected chi connectivity index (χ3v) is 7.70. The van der Waals surface area contributed by atoms with Gasteiger partial charge in [-0.2, -0.15) is 0 Å². The van der Waals surface area contributed by atoms with Crippen LogP contribution >= 0.6 is 0 Å². The molecule has 44 heavy (non-hydrogen) atoms. The minimum atomic E-state index is -0.410. The average Bonchev–Trinajstić information content (AvgIpc) is 2.98. The van der Waals surface area contributed by atoms with E-state index in [0.29, 0.717) is 42.6 Å². The number of nitrogens with zero attached hydrogens (tertiary/aromatic N) is 1. The molecule has 0 aliphatic carbocycles. The summed E-state index contributed by atoms with van der Waals surface area (Å²) in [4.78, 5) is 13.9. The maximum Gasteiger partial charge on any atom is 0.239 e. The second-order valence-electron chi connectivity index (χ2n) is 12.3. The maximum atomic E-state index is 13.9. The van der Waals surface area contributed by atoms with Gasteiger partial charge in [0.2, 0.25) is 11.2 Å². The van der Waals surface area contributed by atoms with Crippen molar-refractivity contribution < 1.29 is 28.2 Å². The molecule has 0 saturated heterocycles. The highest BCUT2D eigenvalue weighted by molar-refractivity contribution is 5.88. The first-order valence-corrected chi connectivity index (χ1v) is 16.0. The summed E-state index contributed by atoms with van der Waals surface area (Å²) in [6.45, 7) is 16.9. The SMILES string of the molecule is CCCC[N+](C)(CCCC)CCCOc1c(-c2ccc(OCC=C(C)C)cc2)oc2cc(OCC=C(C)C)cc(O)c2c1=O. The molecule has 0 atom stereocenters. The van der Waals surface area contributed by atoms with Crippen LogP contribution in [0.5, 0.6) is 23.0 Å². The monoisotopic (exact) mass is 606 g/mol. The van der Waals surface area contributed by atoms with E-state index in [9.17, 15) is 9.90 Å². The zero-order valence-electron chi connectivity index (χ0n) is 27.8.